The van der Waals surface area contributed by atoms with Gasteiger partial charge in [-0.3, -0.25) is 4.79 Å². The molecule has 0 amide bonds. The molecule has 4 heterocycles. The Morgan fingerprint density at radius 2 is 2.13 bits per heavy atom. The van der Waals surface area contributed by atoms with E-state index in [9.17, 15) is 18.3 Å². The van der Waals surface area contributed by atoms with Crippen LogP contribution in [-0.2, 0) is 29.7 Å². The SMILES string of the molecule is C[C@]1(c2ccc3c(N)ncnn23)C[C@H](O)[C@@H](COC(=O)CC2CCS(=O)(=O)CC2)O1. The molecule has 2 aromatic rings. The van der Waals surface area contributed by atoms with Gasteiger partial charge in [0.15, 0.2) is 5.82 Å². The van der Waals surface area contributed by atoms with E-state index in [2.05, 4.69) is 10.1 Å². The molecule has 2 aromatic heterocycles. The van der Waals surface area contributed by atoms with E-state index in [1.807, 2.05) is 13.0 Å². The van der Waals surface area contributed by atoms with E-state index < -0.39 is 33.6 Å². The minimum absolute atomic E-state index is 0.0120. The van der Waals surface area contributed by atoms with Crippen molar-refractivity contribution in [2.75, 3.05) is 23.8 Å². The Morgan fingerprint density at radius 3 is 2.87 bits per heavy atom. The van der Waals surface area contributed by atoms with Crippen molar-refractivity contribution in [3.8, 4) is 0 Å². The monoisotopic (exact) mass is 438 g/mol. The number of carbonyl (C=O) groups excluding carboxylic acids is 1. The van der Waals surface area contributed by atoms with Crippen LogP contribution in [0.5, 0.6) is 0 Å². The zero-order valence-electron chi connectivity index (χ0n) is 16.7. The standard InChI is InChI=1S/C19H26N4O6S/c1-19(16-3-2-13-18(20)21-11-22-23(13)16)9-14(24)15(29-19)10-28-17(25)8-12-4-6-30(26,27)7-5-12/h2-3,11-12,14-15,24H,4-10H2,1H3,(H2,20,21,22)/t14-,15+,19+/m0/s1. The first-order chi connectivity index (χ1) is 14.2. The van der Waals surface area contributed by atoms with Crippen LogP contribution in [0.3, 0.4) is 0 Å². The maximum Gasteiger partial charge on any atom is 0.306 e. The number of aliphatic hydroxyl groups excluding tert-OH is 1. The molecule has 0 spiro atoms. The number of hydrogen-bond acceptors (Lipinski definition) is 9. The fraction of sp³-hybridized carbons (Fsp3) is 0.632. The van der Waals surface area contributed by atoms with E-state index in [0.29, 0.717) is 30.6 Å². The Kier molecular flexibility index (Phi) is 5.45. The van der Waals surface area contributed by atoms with Gasteiger partial charge in [0, 0.05) is 12.8 Å². The number of carbonyl (C=O) groups is 1. The van der Waals surface area contributed by atoms with Crippen LogP contribution in [0.2, 0.25) is 0 Å². The topological polar surface area (TPSA) is 146 Å². The third-order valence-corrected chi connectivity index (χ3v) is 7.72. The summed E-state index contributed by atoms with van der Waals surface area (Å²) in [6.07, 6.45) is 1.31. The van der Waals surface area contributed by atoms with E-state index in [1.54, 1.807) is 10.6 Å². The Bertz CT molecular complexity index is 1040. The Hall–Kier alpha value is -2.24. The molecule has 2 aliphatic heterocycles. The summed E-state index contributed by atoms with van der Waals surface area (Å²) in [6.45, 7) is 1.78. The minimum Gasteiger partial charge on any atom is -0.463 e. The number of esters is 1. The van der Waals surface area contributed by atoms with Gasteiger partial charge in [0.1, 0.15) is 40.0 Å². The van der Waals surface area contributed by atoms with Crippen molar-refractivity contribution in [2.45, 2.75) is 50.4 Å². The Morgan fingerprint density at radius 1 is 1.40 bits per heavy atom. The summed E-state index contributed by atoms with van der Waals surface area (Å²) in [4.78, 5) is 16.2. The van der Waals surface area contributed by atoms with Crippen molar-refractivity contribution >= 4 is 27.1 Å². The number of ether oxygens (including phenoxy) is 2. The first-order valence-corrected chi connectivity index (χ1v) is 11.8. The van der Waals surface area contributed by atoms with Crippen LogP contribution < -0.4 is 5.73 Å². The molecule has 3 N–H and O–H groups in total. The molecule has 4 rings (SSSR count). The zero-order valence-corrected chi connectivity index (χ0v) is 17.5. The van der Waals surface area contributed by atoms with Crippen LogP contribution in [0.1, 0.15) is 38.3 Å². The molecule has 10 nitrogen and oxygen atoms in total. The molecule has 2 fully saturated rings. The first-order valence-electron chi connectivity index (χ1n) is 9.97. The van der Waals surface area contributed by atoms with Crippen molar-refractivity contribution < 1.29 is 27.8 Å². The van der Waals surface area contributed by atoms with Crippen LogP contribution >= 0.6 is 0 Å². The molecule has 0 aromatic carbocycles. The second-order valence-corrected chi connectivity index (χ2v) is 10.6. The highest BCUT2D eigenvalue weighted by Crippen LogP contribution is 2.40. The van der Waals surface area contributed by atoms with Gasteiger partial charge in [0.2, 0.25) is 0 Å². The van der Waals surface area contributed by atoms with Gasteiger partial charge < -0.3 is 20.3 Å². The van der Waals surface area contributed by atoms with Gasteiger partial charge in [-0.15, -0.1) is 0 Å². The summed E-state index contributed by atoms with van der Waals surface area (Å²) in [5.41, 5.74) is 6.43. The summed E-state index contributed by atoms with van der Waals surface area (Å²) in [6, 6.07) is 3.63. The number of nitrogens with two attached hydrogens (primary N) is 1. The van der Waals surface area contributed by atoms with Crippen LogP contribution in [0, 0.1) is 5.92 Å². The molecule has 30 heavy (non-hydrogen) atoms. The van der Waals surface area contributed by atoms with E-state index in [1.165, 1.54) is 6.33 Å². The second kappa shape index (κ2) is 7.78. The largest absolute Gasteiger partial charge is 0.463 e. The maximum absolute atomic E-state index is 12.2. The molecule has 2 saturated heterocycles. The van der Waals surface area contributed by atoms with Crippen molar-refractivity contribution in [1.82, 2.24) is 14.6 Å². The third kappa shape index (κ3) is 4.14. The molecule has 0 aliphatic carbocycles. The summed E-state index contributed by atoms with van der Waals surface area (Å²) < 4.78 is 36.1. The van der Waals surface area contributed by atoms with Crippen LogP contribution in [0.4, 0.5) is 5.82 Å². The lowest BCUT2D eigenvalue weighted by Crippen LogP contribution is -2.30. The number of fused-ring (bicyclic) bond motifs is 1. The van der Waals surface area contributed by atoms with Gasteiger partial charge in [-0.1, -0.05) is 0 Å². The fourth-order valence-electron chi connectivity index (χ4n) is 4.27. The summed E-state index contributed by atoms with van der Waals surface area (Å²) >= 11 is 0. The highest BCUT2D eigenvalue weighted by Gasteiger charge is 2.46. The van der Waals surface area contributed by atoms with E-state index in [4.69, 9.17) is 15.2 Å². The normalized spacial score (nSPS) is 29.3. The second-order valence-electron chi connectivity index (χ2n) is 8.30. The van der Waals surface area contributed by atoms with E-state index in [-0.39, 0.29) is 30.5 Å². The summed E-state index contributed by atoms with van der Waals surface area (Å²) in [5, 5.41) is 14.7. The highest BCUT2D eigenvalue weighted by atomic mass is 32.2. The molecule has 11 heteroatoms. The number of nitrogens with zero attached hydrogens (tertiary/aromatic N) is 3. The zero-order chi connectivity index (χ0) is 21.5. The summed E-state index contributed by atoms with van der Waals surface area (Å²) in [7, 11) is -2.96. The number of hydrogen-bond donors (Lipinski definition) is 2. The number of aliphatic hydroxyl groups is 1. The van der Waals surface area contributed by atoms with Crippen LogP contribution in [0.15, 0.2) is 18.5 Å². The molecule has 3 atom stereocenters. The highest BCUT2D eigenvalue weighted by molar-refractivity contribution is 7.91. The number of sulfone groups is 1. The van der Waals surface area contributed by atoms with Gasteiger partial charge in [0.05, 0.1) is 23.3 Å². The Labute approximate surface area is 174 Å². The predicted molar refractivity (Wildman–Crippen MR) is 107 cm³/mol. The number of anilines is 1. The summed E-state index contributed by atoms with van der Waals surface area (Å²) in [5.74, 6) is 0.190. The van der Waals surface area contributed by atoms with Crippen molar-refractivity contribution in [1.29, 1.82) is 0 Å². The first kappa shape index (κ1) is 21.0. The molecule has 164 valence electrons. The minimum atomic E-state index is -2.96. The molecular weight excluding hydrogens is 412 g/mol. The smallest absolute Gasteiger partial charge is 0.306 e. The average molecular weight is 439 g/mol. The number of aromatic nitrogens is 3. The van der Waals surface area contributed by atoms with E-state index >= 15 is 0 Å². The van der Waals surface area contributed by atoms with Gasteiger partial charge in [-0.05, 0) is 37.8 Å². The molecule has 0 unspecified atom stereocenters. The fourth-order valence-corrected chi connectivity index (χ4v) is 5.86. The van der Waals surface area contributed by atoms with Gasteiger partial charge >= 0.3 is 5.97 Å². The number of nitrogen functional groups attached to an aromatic ring is 1. The molecule has 2 aliphatic rings. The van der Waals surface area contributed by atoms with Crippen molar-refractivity contribution in [3.63, 3.8) is 0 Å². The average Bonchev–Trinajstić information content (AvgIpc) is 3.24. The molecular formula is C19H26N4O6S. The van der Waals surface area contributed by atoms with E-state index in [0.717, 1.165) is 5.69 Å². The third-order valence-electron chi connectivity index (χ3n) is 6.00. The quantitative estimate of drug-likeness (QED) is 0.635. The number of rotatable bonds is 5. The molecule has 0 saturated carbocycles. The Balaban J connectivity index is 1.36. The lowest BCUT2D eigenvalue weighted by Gasteiger charge is -2.24. The molecule has 0 bridgehead atoms. The van der Waals surface area contributed by atoms with Gasteiger partial charge in [0.25, 0.3) is 0 Å². The maximum atomic E-state index is 12.2. The lowest BCUT2D eigenvalue weighted by molar-refractivity contribution is -0.152. The van der Waals surface area contributed by atoms with Gasteiger partial charge in [-0.25, -0.2) is 17.9 Å². The predicted octanol–water partition coefficient (Wildman–Crippen LogP) is 0.435. The van der Waals surface area contributed by atoms with Crippen LogP contribution in [0.25, 0.3) is 5.52 Å². The van der Waals surface area contributed by atoms with Crippen molar-refractivity contribution in [3.05, 3.63) is 24.2 Å². The van der Waals surface area contributed by atoms with Crippen molar-refractivity contribution in [2.24, 2.45) is 5.92 Å². The van der Waals surface area contributed by atoms with Gasteiger partial charge in [-0.2, -0.15) is 5.10 Å². The van der Waals surface area contributed by atoms with Crippen LogP contribution in [-0.4, -0.2) is 64.4 Å². The molecule has 0 radical (unpaired) electrons. The lowest BCUT2D eigenvalue weighted by atomic mass is 9.97.